The number of benzene rings is 1. The van der Waals surface area contributed by atoms with E-state index in [-0.39, 0.29) is 12.2 Å². The van der Waals surface area contributed by atoms with Crippen LogP contribution in [0.3, 0.4) is 0 Å². The number of hydrogen-bond donors (Lipinski definition) is 0. The van der Waals surface area contributed by atoms with E-state index >= 15 is 0 Å². The van der Waals surface area contributed by atoms with Gasteiger partial charge in [-0.25, -0.2) is 0 Å². The second-order valence-corrected chi connectivity index (χ2v) is 6.38. The molecule has 0 aromatic heterocycles. The fourth-order valence-electron chi connectivity index (χ4n) is 3.30. The molecule has 6 nitrogen and oxygen atoms in total. The standard InChI is InChI=1S/C16H22N4O2/c1-16(2)21-14(9-18-19-17)15(22-16)11-20-8-7-12-5-3-4-6-13(12)10-20/h3-6,14-15H,7-11H2,1-2H3/t14-,15-/m1/s1. The molecular formula is C16H22N4O2. The van der Waals surface area contributed by atoms with Gasteiger partial charge in [0.1, 0.15) is 0 Å². The Labute approximate surface area is 130 Å². The normalized spacial score (nSPS) is 27.2. The molecule has 6 heteroatoms. The van der Waals surface area contributed by atoms with E-state index in [2.05, 4.69) is 39.2 Å². The zero-order valence-corrected chi connectivity index (χ0v) is 13.1. The fourth-order valence-corrected chi connectivity index (χ4v) is 3.30. The minimum Gasteiger partial charge on any atom is -0.344 e. The highest BCUT2D eigenvalue weighted by atomic mass is 16.8. The van der Waals surface area contributed by atoms with E-state index in [9.17, 15) is 0 Å². The number of azide groups is 1. The zero-order chi connectivity index (χ0) is 15.6. The summed E-state index contributed by atoms with van der Waals surface area (Å²) in [6.45, 7) is 6.87. The van der Waals surface area contributed by atoms with Crippen LogP contribution in [0.15, 0.2) is 29.4 Å². The lowest BCUT2D eigenvalue weighted by Crippen LogP contribution is -2.41. The van der Waals surface area contributed by atoms with Crippen molar-refractivity contribution in [1.82, 2.24) is 4.90 Å². The van der Waals surface area contributed by atoms with Gasteiger partial charge >= 0.3 is 0 Å². The monoisotopic (exact) mass is 302 g/mol. The first-order valence-corrected chi connectivity index (χ1v) is 7.73. The zero-order valence-electron chi connectivity index (χ0n) is 13.1. The van der Waals surface area contributed by atoms with Crippen LogP contribution in [0.1, 0.15) is 25.0 Å². The summed E-state index contributed by atoms with van der Waals surface area (Å²) < 4.78 is 11.9. The summed E-state index contributed by atoms with van der Waals surface area (Å²) in [6.07, 6.45) is 0.822. The number of hydrogen-bond acceptors (Lipinski definition) is 4. The molecule has 0 N–H and O–H groups in total. The molecule has 0 spiro atoms. The van der Waals surface area contributed by atoms with E-state index in [4.69, 9.17) is 15.0 Å². The molecule has 0 unspecified atom stereocenters. The summed E-state index contributed by atoms with van der Waals surface area (Å²) in [5, 5.41) is 3.66. The summed E-state index contributed by atoms with van der Waals surface area (Å²) in [5.74, 6) is -0.617. The molecule has 0 aliphatic carbocycles. The molecular weight excluding hydrogens is 280 g/mol. The van der Waals surface area contributed by atoms with Crippen molar-refractivity contribution in [1.29, 1.82) is 0 Å². The molecule has 1 saturated heterocycles. The highest BCUT2D eigenvalue weighted by molar-refractivity contribution is 5.29. The molecule has 2 aliphatic rings. The topological polar surface area (TPSA) is 70.5 Å². The molecule has 0 radical (unpaired) electrons. The van der Waals surface area contributed by atoms with Gasteiger partial charge in [-0.3, -0.25) is 4.90 Å². The van der Waals surface area contributed by atoms with Crippen molar-refractivity contribution in [3.8, 4) is 0 Å². The van der Waals surface area contributed by atoms with Gasteiger partial charge in [0.15, 0.2) is 5.79 Å². The number of ether oxygens (including phenoxy) is 2. The maximum absolute atomic E-state index is 8.53. The summed E-state index contributed by atoms with van der Waals surface area (Å²) in [6, 6.07) is 8.58. The molecule has 2 heterocycles. The number of rotatable bonds is 4. The first-order chi connectivity index (χ1) is 10.6. The van der Waals surface area contributed by atoms with Crippen molar-refractivity contribution in [2.75, 3.05) is 19.6 Å². The molecule has 118 valence electrons. The smallest absolute Gasteiger partial charge is 0.163 e. The Morgan fingerprint density at radius 3 is 2.77 bits per heavy atom. The van der Waals surface area contributed by atoms with Crippen molar-refractivity contribution in [3.63, 3.8) is 0 Å². The van der Waals surface area contributed by atoms with E-state index in [1.807, 2.05) is 13.8 Å². The molecule has 2 atom stereocenters. The van der Waals surface area contributed by atoms with Crippen LogP contribution in [-0.2, 0) is 22.4 Å². The maximum Gasteiger partial charge on any atom is 0.163 e. The highest BCUT2D eigenvalue weighted by Crippen LogP contribution is 2.30. The van der Waals surface area contributed by atoms with Crippen LogP contribution >= 0.6 is 0 Å². The summed E-state index contributed by atoms with van der Waals surface area (Å²) in [7, 11) is 0. The Morgan fingerprint density at radius 1 is 1.27 bits per heavy atom. The minimum atomic E-state index is -0.617. The molecule has 2 aliphatic heterocycles. The van der Waals surface area contributed by atoms with Gasteiger partial charge in [-0.15, -0.1) is 0 Å². The molecule has 1 aromatic carbocycles. The fraction of sp³-hybridized carbons (Fsp3) is 0.625. The second-order valence-electron chi connectivity index (χ2n) is 6.38. The van der Waals surface area contributed by atoms with Crippen LogP contribution in [0.5, 0.6) is 0 Å². The number of nitrogens with zero attached hydrogens (tertiary/aromatic N) is 4. The maximum atomic E-state index is 8.53. The van der Waals surface area contributed by atoms with E-state index < -0.39 is 5.79 Å². The van der Waals surface area contributed by atoms with Gasteiger partial charge in [0.05, 0.1) is 18.8 Å². The minimum absolute atomic E-state index is 0.0641. The van der Waals surface area contributed by atoms with Gasteiger partial charge in [-0.1, -0.05) is 29.4 Å². The first kappa shape index (κ1) is 15.3. The molecule has 3 rings (SSSR count). The van der Waals surface area contributed by atoms with Gasteiger partial charge in [-0.05, 0) is 36.9 Å². The summed E-state index contributed by atoms with van der Waals surface area (Å²) in [4.78, 5) is 5.22. The Bertz CT molecular complexity index is 583. The lowest BCUT2D eigenvalue weighted by molar-refractivity contribution is -0.147. The van der Waals surface area contributed by atoms with Crippen LogP contribution in [0, 0.1) is 0 Å². The molecule has 0 amide bonds. The Hall–Kier alpha value is -1.59. The molecule has 1 aromatic rings. The predicted molar refractivity (Wildman–Crippen MR) is 83.3 cm³/mol. The van der Waals surface area contributed by atoms with Gasteiger partial charge in [0.2, 0.25) is 0 Å². The van der Waals surface area contributed by atoms with Gasteiger partial charge in [-0.2, -0.15) is 0 Å². The second kappa shape index (κ2) is 6.26. The number of fused-ring (bicyclic) bond motifs is 1. The van der Waals surface area contributed by atoms with Crippen LogP contribution in [0.2, 0.25) is 0 Å². The van der Waals surface area contributed by atoms with Crippen molar-refractivity contribution >= 4 is 0 Å². The van der Waals surface area contributed by atoms with Crippen LogP contribution in [0.4, 0.5) is 0 Å². The molecule has 0 bridgehead atoms. The van der Waals surface area contributed by atoms with Gasteiger partial charge in [0, 0.05) is 24.5 Å². The average Bonchev–Trinajstić information content (AvgIpc) is 2.79. The van der Waals surface area contributed by atoms with Crippen molar-refractivity contribution < 1.29 is 9.47 Å². The summed E-state index contributed by atoms with van der Waals surface area (Å²) in [5.41, 5.74) is 11.4. The third-order valence-corrected chi connectivity index (χ3v) is 4.26. The van der Waals surface area contributed by atoms with Crippen LogP contribution in [0.25, 0.3) is 10.4 Å². The quantitative estimate of drug-likeness (QED) is 0.488. The van der Waals surface area contributed by atoms with Crippen molar-refractivity contribution in [2.24, 2.45) is 5.11 Å². The van der Waals surface area contributed by atoms with Crippen molar-refractivity contribution in [3.05, 3.63) is 45.8 Å². The lowest BCUT2D eigenvalue weighted by atomic mass is 9.99. The van der Waals surface area contributed by atoms with Gasteiger partial charge < -0.3 is 9.47 Å². The largest absolute Gasteiger partial charge is 0.344 e. The third kappa shape index (κ3) is 3.42. The third-order valence-electron chi connectivity index (χ3n) is 4.26. The van der Waals surface area contributed by atoms with Crippen LogP contribution in [-0.4, -0.2) is 42.5 Å². The van der Waals surface area contributed by atoms with E-state index in [0.29, 0.717) is 6.54 Å². The summed E-state index contributed by atoms with van der Waals surface area (Å²) >= 11 is 0. The predicted octanol–water partition coefficient (Wildman–Crippen LogP) is 2.88. The Balaban J connectivity index is 1.66. The van der Waals surface area contributed by atoms with E-state index in [0.717, 1.165) is 26.1 Å². The average molecular weight is 302 g/mol. The van der Waals surface area contributed by atoms with Crippen LogP contribution < -0.4 is 0 Å². The lowest BCUT2D eigenvalue weighted by Gasteiger charge is -2.31. The van der Waals surface area contributed by atoms with E-state index in [1.54, 1.807) is 0 Å². The molecule has 1 fully saturated rings. The SMILES string of the molecule is CC1(C)O[C@H](CN=[N+]=[N-])[C@@H](CN2CCc3ccccc3C2)O1. The van der Waals surface area contributed by atoms with E-state index in [1.165, 1.54) is 11.1 Å². The molecule has 0 saturated carbocycles. The first-order valence-electron chi connectivity index (χ1n) is 7.73. The Morgan fingerprint density at radius 2 is 2.00 bits per heavy atom. The van der Waals surface area contributed by atoms with Crippen molar-refractivity contribution in [2.45, 2.75) is 44.8 Å². The van der Waals surface area contributed by atoms with Gasteiger partial charge in [0.25, 0.3) is 0 Å². The molecule has 22 heavy (non-hydrogen) atoms. The Kier molecular flexibility index (Phi) is 4.36. The highest BCUT2D eigenvalue weighted by Gasteiger charge is 2.41.